The van der Waals surface area contributed by atoms with Gasteiger partial charge in [-0.05, 0) is 42.7 Å². The molecule has 0 aromatic heterocycles. The number of hydrogen-bond donors (Lipinski definition) is 2. The molecule has 124 valence electrons. The van der Waals surface area contributed by atoms with Crippen molar-refractivity contribution in [3.8, 4) is 5.75 Å². The van der Waals surface area contributed by atoms with Gasteiger partial charge in [0.1, 0.15) is 5.75 Å². The summed E-state index contributed by atoms with van der Waals surface area (Å²) in [5.74, 6) is 0.602. The van der Waals surface area contributed by atoms with Gasteiger partial charge in [0, 0.05) is 6.54 Å². The fourth-order valence-electron chi connectivity index (χ4n) is 2.29. The van der Waals surface area contributed by atoms with E-state index in [1.54, 1.807) is 19.1 Å². The highest BCUT2D eigenvalue weighted by molar-refractivity contribution is 7.89. The molecule has 0 amide bonds. The molecule has 1 unspecified atom stereocenters. The predicted molar refractivity (Wildman–Crippen MR) is 89.1 cm³/mol. The van der Waals surface area contributed by atoms with Crippen LogP contribution >= 0.6 is 0 Å². The molecule has 0 aliphatic heterocycles. The highest BCUT2D eigenvalue weighted by atomic mass is 32.2. The van der Waals surface area contributed by atoms with E-state index in [-0.39, 0.29) is 11.4 Å². The minimum absolute atomic E-state index is 0.0390. The summed E-state index contributed by atoms with van der Waals surface area (Å²) in [5.41, 5.74) is 1.55. The highest BCUT2D eigenvalue weighted by Crippen LogP contribution is 2.20. The first-order valence-corrected chi connectivity index (χ1v) is 8.77. The van der Waals surface area contributed by atoms with Gasteiger partial charge in [0.05, 0.1) is 18.1 Å². The van der Waals surface area contributed by atoms with Crippen molar-refractivity contribution in [2.45, 2.75) is 24.3 Å². The van der Waals surface area contributed by atoms with Crippen LogP contribution in [0.2, 0.25) is 0 Å². The van der Waals surface area contributed by atoms with Crippen molar-refractivity contribution in [3.63, 3.8) is 0 Å². The van der Waals surface area contributed by atoms with Crippen LogP contribution in [0.3, 0.4) is 0 Å². The maximum absolute atomic E-state index is 12.3. The van der Waals surface area contributed by atoms with E-state index >= 15 is 0 Å². The highest BCUT2D eigenvalue weighted by Gasteiger charge is 2.18. The van der Waals surface area contributed by atoms with E-state index in [9.17, 15) is 13.5 Å². The van der Waals surface area contributed by atoms with E-state index in [1.807, 2.05) is 30.3 Å². The standard InChI is InChI=1S/C17H21NO4S/c1-13-10-16(22-2)8-9-17(13)23(20,21)18-12-15(19)11-14-6-4-3-5-7-14/h3-10,15,18-19H,11-12H2,1-2H3. The lowest BCUT2D eigenvalue weighted by Gasteiger charge is -2.14. The Morgan fingerprint density at radius 1 is 1.17 bits per heavy atom. The quantitative estimate of drug-likeness (QED) is 0.810. The first-order chi connectivity index (χ1) is 10.9. The monoisotopic (exact) mass is 335 g/mol. The fourth-order valence-corrected chi connectivity index (χ4v) is 3.59. The van der Waals surface area contributed by atoms with Gasteiger partial charge in [0.15, 0.2) is 0 Å². The molecule has 6 heteroatoms. The average Bonchev–Trinajstić information content (AvgIpc) is 2.53. The van der Waals surface area contributed by atoms with Crippen LogP contribution < -0.4 is 9.46 Å². The Morgan fingerprint density at radius 3 is 2.48 bits per heavy atom. The minimum atomic E-state index is -3.67. The first kappa shape index (κ1) is 17.5. The number of hydrogen-bond acceptors (Lipinski definition) is 4. The molecule has 0 saturated carbocycles. The number of methoxy groups -OCH3 is 1. The van der Waals surface area contributed by atoms with Gasteiger partial charge in [-0.15, -0.1) is 0 Å². The van der Waals surface area contributed by atoms with Crippen LogP contribution in [0.15, 0.2) is 53.4 Å². The number of aliphatic hydroxyl groups excluding tert-OH is 1. The molecule has 2 aromatic carbocycles. The molecule has 2 N–H and O–H groups in total. The van der Waals surface area contributed by atoms with Crippen molar-refractivity contribution < 1.29 is 18.3 Å². The van der Waals surface area contributed by atoms with Gasteiger partial charge >= 0.3 is 0 Å². The van der Waals surface area contributed by atoms with E-state index in [4.69, 9.17) is 4.74 Å². The molecular formula is C17H21NO4S. The number of sulfonamides is 1. The minimum Gasteiger partial charge on any atom is -0.497 e. The van der Waals surface area contributed by atoms with E-state index in [2.05, 4.69) is 4.72 Å². The molecule has 0 saturated heterocycles. The lowest BCUT2D eigenvalue weighted by Crippen LogP contribution is -2.33. The van der Waals surface area contributed by atoms with Gasteiger partial charge in [0.2, 0.25) is 10.0 Å². The maximum atomic E-state index is 12.3. The summed E-state index contributed by atoms with van der Waals surface area (Å²) in [6.07, 6.45) is -0.393. The lowest BCUT2D eigenvalue weighted by molar-refractivity contribution is 0.179. The van der Waals surface area contributed by atoms with Crippen molar-refractivity contribution in [2.75, 3.05) is 13.7 Å². The molecule has 0 aliphatic rings. The Labute approximate surface area is 137 Å². The van der Waals surface area contributed by atoms with Crippen LogP contribution in [-0.4, -0.2) is 33.3 Å². The summed E-state index contributed by atoms with van der Waals surface area (Å²) in [4.78, 5) is 0.185. The van der Waals surface area contributed by atoms with Crippen LogP contribution in [0.4, 0.5) is 0 Å². The van der Waals surface area contributed by atoms with Crippen molar-refractivity contribution in [3.05, 3.63) is 59.7 Å². The van der Waals surface area contributed by atoms with Crippen molar-refractivity contribution in [1.82, 2.24) is 4.72 Å². The molecule has 0 spiro atoms. The molecule has 2 rings (SSSR count). The molecule has 0 aliphatic carbocycles. The number of aryl methyl sites for hydroxylation is 1. The van der Waals surface area contributed by atoms with Gasteiger partial charge in [-0.3, -0.25) is 0 Å². The Bertz CT molecular complexity index is 744. The van der Waals surface area contributed by atoms with E-state index in [0.29, 0.717) is 17.7 Å². The molecule has 1 atom stereocenters. The molecule has 5 nitrogen and oxygen atoms in total. The van der Waals surface area contributed by atoms with Gasteiger partial charge in [0.25, 0.3) is 0 Å². The Kier molecular flexibility index (Phi) is 5.76. The maximum Gasteiger partial charge on any atom is 0.240 e. The molecule has 0 radical (unpaired) electrons. The summed E-state index contributed by atoms with van der Waals surface area (Å²) in [6, 6.07) is 14.2. The topological polar surface area (TPSA) is 75.6 Å². The summed E-state index contributed by atoms with van der Waals surface area (Å²) in [7, 11) is -2.14. The summed E-state index contributed by atoms with van der Waals surface area (Å²) >= 11 is 0. The van der Waals surface area contributed by atoms with Gasteiger partial charge in [-0.1, -0.05) is 30.3 Å². The van der Waals surface area contributed by atoms with E-state index in [1.165, 1.54) is 13.2 Å². The van der Waals surface area contributed by atoms with Crippen LogP contribution in [0.1, 0.15) is 11.1 Å². The predicted octanol–water partition coefficient (Wildman–Crippen LogP) is 1.89. The molecule has 2 aromatic rings. The van der Waals surface area contributed by atoms with Crippen molar-refractivity contribution >= 4 is 10.0 Å². The zero-order chi connectivity index (χ0) is 16.9. The Morgan fingerprint density at radius 2 is 1.87 bits per heavy atom. The van der Waals surface area contributed by atoms with E-state index < -0.39 is 16.1 Å². The van der Waals surface area contributed by atoms with Crippen molar-refractivity contribution in [2.24, 2.45) is 0 Å². The molecule has 23 heavy (non-hydrogen) atoms. The zero-order valence-corrected chi connectivity index (χ0v) is 14.0. The second kappa shape index (κ2) is 7.59. The third kappa shape index (κ3) is 4.79. The van der Waals surface area contributed by atoms with Crippen LogP contribution in [0, 0.1) is 6.92 Å². The normalized spacial score (nSPS) is 12.8. The number of rotatable bonds is 7. The van der Waals surface area contributed by atoms with E-state index in [0.717, 1.165) is 5.56 Å². The fraction of sp³-hybridized carbons (Fsp3) is 0.294. The SMILES string of the molecule is COc1ccc(S(=O)(=O)NCC(O)Cc2ccccc2)c(C)c1. The number of nitrogens with one attached hydrogen (secondary N) is 1. The first-order valence-electron chi connectivity index (χ1n) is 7.28. The van der Waals surface area contributed by atoms with Gasteiger partial charge < -0.3 is 9.84 Å². The summed E-state index contributed by atoms with van der Waals surface area (Å²) in [5, 5.41) is 10.0. The van der Waals surface area contributed by atoms with Crippen LogP contribution in [-0.2, 0) is 16.4 Å². The third-order valence-corrected chi connectivity index (χ3v) is 5.08. The second-order valence-corrected chi connectivity index (χ2v) is 7.06. The molecule has 0 heterocycles. The number of aliphatic hydroxyl groups is 1. The van der Waals surface area contributed by atoms with Gasteiger partial charge in [-0.25, -0.2) is 13.1 Å². The van der Waals surface area contributed by atoms with Crippen molar-refractivity contribution in [1.29, 1.82) is 0 Å². The van der Waals surface area contributed by atoms with Crippen LogP contribution in [0.5, 0.6) is 5.75 Å². The number of ether oxygens (including phenoxy) is 1. The van der Waals surface area contributed by atoms with Gasteiger partial charge in [-0.2, -0.15) is 0 Å². The largest absolute Gasteiger partial charge is 0.497 e. The smallest absolute Gasteiger partial charge is 0.240 e. The Hall–Kier alpha value is -1.89. The summed E-state index contributed by atoms with van der Waals surface area (Å²) in [6.45, 7) is 1.67. The zero-order valence-electron chi connectivity index (χ0n) is 13.2. The Balaban J connectivity index is 2.01. The molecule has 0 bridgehead atoms. The molecular weight excluding hydrogens is 314 g/mol. The average molecular weight is 335 g/mol. The second-order valence-electron chi connectivity index (χ2n) is 5.33. The lowest BCUT2D eigenvalue weighted by atomic mass is 10.1. The molecule has 0 fully saturated rings. The third-order valence-electron chi connectivity index (χ3n) is 3.49. The number of benzene rings is 2. The van der Waals surface area contributed by atoms with Crippen LogP contribution in [0.25, 0.3) is 0 Å². The summed E-state index contributed by atoms with van der Waals surface area (Å²) < 4.78 is 32.2.